The molecular formula is C17H19NO3S. The number of carboxylic acid groups (broad SMARTS) is 1. The number of hydrogen-bond donors (Lipinski definition) is 1. The van der Waals surface area contributed by atoms with Gasteiger partial charge in [-0.3, -0.25) is 4.79 Å². The molecule has 0 saturated carbocycles. The lowest BCUT2D eigenvalue weighted by atomic mass is 10.1. The summed E-state index contributed by atoms with van der Waals surface area (Å²) in [4.78, 5) is 16.0. The standard InChI is InChI=1S/C17H19NO3S/c1-11-15(10-17(19)20)22-16(18-11)7-8-21-14-6-5-12-3-2-4-13(12)9-14/h5-6,9H,2-4,7-8,10H2,1H3,(H,19,20). The van der Waals surface area contributed by atoms with Crippen LogP contribution in [0, 0.1) is 6.92 Å². The van der Waals surface area contributed by atoms with E-state index in [4.69, 9.17) is 9.84 Å². The lowest BCUT2D eigenvalue weighted by molar-refractivity contribution is -0.136. The third kappa shape index (κ3) is 3.47. The number of benzene rings is 1. The molecule has 1 heterocycles. The van der Waals surface area contributed by atoms with Gasteiger partial charge in [-0.15, -0.1) is 11.3 Å². The van der Waals surface area contributed by atoms with Crippen molar-refractivity contribution in [2.24, 2.45) is 0 Å². The minimum atomic E-state index is -0.812. The van der Waals surface area contributed by atoms with Gasteiger partial charge in [0, 0.05) is 11.3 Å². The molecular weight excluding hydrogens is 298 g/mol. The fraction of sp³-hybridized carbons (Fsp3) is 0.412. The van der Waals surface area contributed by atoms with Gasteiger partial charge in [0.15, 0.2) is 0 Å². The van der Waals surface area contributed by atoms with Gasteiger partial charge in [-0.1, -0.05) is 6.07 Å². The zero-order valence-electron chi connectivity index (χ0n) is 12.6. The van der Waals surface area contributed by atoms with Gasteiger partial charge < -0.3 is 9.84 Å². The van der Waals surface area contributed by atoms with Gasteiger partial charge in [0.1, 0.15) is 5.75 Å². The first-order valence-corrected chi connectivity index (χ1v) is 8.35. The normalized spacial score (nSPS) is 13.1. The Labute approximate surface area is 133 Å². The SMILES string of the molecule is Cc1nc(CCOc2ccc3c(c2)CCC3)sc1CC(=O)O. The summed E-state index contributed by atoms with van der Waals surface area (Å²) in [6.45, 7) is 2.43. The number of aromatic nitrogens is 1. The molecule has 5 heteroatoms. The van der Waals surface area contributed by atoms with E-state index in [1.54, 1.807) is 0 Å². The summed E-state index contributed by atoms with van der Waals surface area (Å²) in [5.41, 5.74) is 3.67. The average molecular weight is 317 g/mol. The number of hydrogen-bond acceptors (Lipinski definition) is 4. The molecule has 0 radical (unpaired) electrons. The molecule has 0 bridgehead atoms. The van der Waals surface area contributed by atoms with Crippen LogP contribution in [0.3, 0.4) is 0 Å². The van der Waals surface area contributed by atoms with Crippen LogP contribution < -0.4 is 4.74 Å². The summed E-state index contributed by atoms with van der Waals surface area (Å²) < 4.78 is 5.82. The van der Waals surface area contributed by atoms with E-state index in [9.17, 15) is 4.79 Å². The molecule has 0 saturated heterocycles. The third-order valence-electron chi connectivity index (χ3n) is 3.90. The van der Waals surface area contributed by atoms with Gasteiger partial charge in [0.2, 0.25) is 0 Å². The molecule has 0 atom stereocenters. The van der Waals surface area contributed by atoms with Crippen molar-refractivity contribution in [3.05, 3.63) is 44.9 Å². The Hall–Kier alpha value is -1.88. The number of carbonyl (C=O) groups is 1. The van der Waals surface area contributed by atoms with Crippen molar-refractivity contribution < 1.29 is 14.6 Å². The largest absolute Gasteiger partial charge is 0.493 e. The Morgan fingerprint density at radius 1 is 1.36 bits per heavy atom. The van der Waals surface area contributed by atoms with E-state index in [2.05, 4.69) is 17.1 Å². The van der Waals surface area contributed by atoms with Crippen molar-refractivity contribution in [1.82, 2.24) is 4.98 Å². The van der Waals surface area contributed by atoms with Crippen LogP contribution in [-0.2, 0) is 30.5 Å². The quantitative estimate of drug-likeness (QED) is 0.889. The monoisotopic (exact) mass is 317 g/mol. The minimum Gasteiger partial charge on any atom is -0.493 e. The average Bonchev–Trinajstić information content (AvgIpc) is 3.05. The fourth-order valence-electron chi connectivity index (χ4n) is 2.79. The molecule has 0 fully saturated rings. The molecule has 1 aliphatic rings. The molecule has 0 unspecified atom stereocenters. The van der Waals surface area contributed by atoms with Crippen LogP contribution >= 0.6 is 11.3 Å². The Morgan fingerprint density at radius 2 is 2.18 bits per heavy atom. The van der Waals surface area contributed by atoms with Crippen molar-refractivity contribution in [1.29, 1.82) is 0 Å². The van der Waals surface area contributed by atoms with Crippen LogP contribution in [0.2, 0.25) is 0 Å². The minimum absolute atomic E-state index is 0.0508. The summed E-state index contributed by atoms with van der Waals surface area (Å²) >= 11 is 1.47. The number of fused-ring (bicyclic) bond motifs is 1. The highest BCUT2D eigenvalue weighted by atomic mass is 32.1. The summed E-state index contributed by atoms with van der Waals surface area (Å²) in [6.07, 6.45) is 4.33. The van der Waals surface area contributed by atoms with Crippen molar-refractivity contribution in [3.8, 4) is 5.75 Å². The molecule has 116 valence electrons. The van der Waals surface area contributed by atoms with Crippen LogP contribution in [0.4, 0.5) is 0 Å². The van der Waals surface area contributed by atoms with Crippen LogP contribution in [0.1, 0.15) is 33.1 Å². The second-order valence-electron chi connectivity index (χ2n) is 5.57. The van der Waals surface area contributed by atoms with E-state index in [1.807, 2.05) is 13.0 Å². The first-order valence-electron chi connectivity index (χ1n) is 7.53. The van der Waals surface area contributed by atoms with Crippen molar-refractivity contribution in [2.45, 2.75) is 39.0 Å². The summed E-state index contributed by atoms with van der Waals surface area (Å²) in [5, 5.41) is 9.80. The van der Waals surface area contributed by atoms with Gasteiger partial charge in [-0.2, -0.15) is 0 Å². The number of nitrogens with zero attached hydrogens (tertiary/aromatic N) is 1. The molecule has 1 N–H and O–H groups in total. The Bertz CT molecular complexity index is 693. The zero-order chi connectivity index (χ0) is 15.5. The Morgan fingerprint density at radius 3 is 3.00 bits per heavy atom. The lowest BCUT2D eigenvalue weighted by Gasteiger charge is -2.07. The molecule has 1 aromatic carbocycles. The van der Waals surface area contributed by atoms with Crippen molar-refractivity contribution in [2.75, 3.05) is 6.61 Å². The Kier molecular flexibility index (Phi) is 4.43. The van der Waals surface area contributed by atoms with Gasteiger partial charge in [-0.05, 0) is 49.4 Å². The molecule has 2 aromatic rings. The number of carboxylic acids is 1. The molecule has 1 aromatic heterocycles. The summed E-state index contributed by atoms with van der Waals surface area (Å²) in [7, 11) is 0. The number of aliphatic carboxylic acids is 1. The number of aryl methyl sites for hydroxylation is 3. The van der Waals surface area contributed by atoms with Gasteiger partial charge in [0.05, 0.1) is 23.7 Å². The van der Waals surface area contributed by atoms with Gasteiger partial charge in [0.25, 0.3) is 0 Å². The smallest absolute Gasteiger partial charge is 0.308 e. The topological polar surface area (TPSA) is 59.4 Å². The molecule has 0 aliphatic heterocycles. The van der Waals surface area contributed by atoms with Crippen LogP contribution in [0.25, 0.3) is 0 Å². The predicted octanol–water partition coefficient (Wildman–Crippen LogP) is 3.19. The van der Waals surface area contributed by atoms with Crippen LogP contribution in [-0.4, -0.2) is 22.7 Å². The van der Waals surface area contributed by atoms with E-state index < -0.39 is 5.97 Å². The fourth-order valence-corrected chi connectivity index (χ4v) is 3.83. The highest BCUT2D eigenvalue weighted by Gasteiger charge is 2.12. The lowest BCUT2D eigenvalue weighted by Crippen LogP contribution is -2.01. The van der Waals surface area contributed by atoms with Crippen LogP contribution in [0.15, 0.2) is 18.2 Å². The second-order valence-corrected chi connectivity index (χ2v) is 6.74. The van der Waals surface area contributed by atoms with E-state index in [-0.39, 0.29) is 6.42 Å². The maximum absolute atomic E-state index is 10.8. The van der Waals surface area contributed by atoms with E-state index in [0.717, 1.165) is 27.7 Å². The first-order chi connectivity index (χ1) is 10.6. The second kappa shape index (κ2) is 6.48. The molecule has 22 heavy (non-hydrogen) atoms. The maximum atomic E-state index is 10.8. The van der Waals surface area contributed by atoms with Crippen LogP contribution in [0.5, 0.6) is 5.75 Å². The Balaban J connectivity index is 1.56. The van der Waals surface area contributed by atoms with E-state index in [0.29, 0.717) is 13.0 Å². The predicted molar refractivity (Wildman–Crippen MR) is 85.9 cm³/mol. The highest BCUT2D eigenvalue weighted by Crippen LogP contribution is 2.26. The van der Waals surface area contributed by atoms with Gasteiger partial charge >= 0.3 is 5.97 Å². The van der Waals surface area contributed by atoms with E-state index >= 15 is 0 Å². The van der Waals surface area contributed by atoms with Gasteiger partial charge in [-0.25, -0.2) is 4.98 Å². The highest BCUT2D eigenvalue weighted by molar-refractivity contribution is 7.11. The molecule has 3 rings (SSSR count). The third-order valence-corrected chi connectivity index (χ3v) is 5.12. The number of thiazole rings is 1. The van der Waals surface area contributed by atoms with E-state index in [1.165, 1.54) is 35.3 Å². The maximum Gasteiger partial charge on any atom is 0.308 e. The number of ether oxygens (including phenoxy) is 1. The molecule has 0 amide bonds. The summed E-state index contributed by atoms with van der Waals surface area (Å²) in [6, 6.07) is 6.34. The molecule has 1 aliphatic carbocycles. The van der Waals surface area contributed by atoms with Crippen molar-refractivity contribution in [3.63, 3.8) is 0 Å². The molecule has 0 spiro atoms. The van der Waals surface area contributed by atoms with Crippen molar-refractivity contribution >= 4 is 17.3 Å². The number of rotatable bonds is 6. The zero-order valence-corrected chi connectivity index (χ0v) is 13.4. The summed E-state index contributed by atoms with van der Waals surface area (Å²) in [5.74, 6) is 0.104. The molecule has 4 nitrogen and oxygen atoms in total. The first kappa shape index (κ1) is 15.0.